The topological polar surface area (TPSA) is 132 Å². The normalized spacial score (nSPS) is 11.1. The maximum atomic E-state index is 12.3. The molecule has 2 amide bonds. The molecule has 0 aliphatic carbocycles. The van der Waals surface area contributed by atoms with Crippen molar-refractivity contribution in [2.75, 3.05) is 21.3 Å². The minimum atomic E-state index is -1.46. The standard InChI is InChI=1S/C22H26N2O8/c1-29-15-9-18(30-2)16(19(10-15)31-3)12-23-20(25)11-17(21(26)27)24-22(28)32-13-14-7-5-4-6-8-14/h4-10,17H,11-13H2,1-3H3,(H,23,25)(H,24,28)(H,26,27)/t17-/m0/s1. The highest BCUT2D eigenvalue weighted by Crippen LogP contribution is 2.33. The summed E-state index contributed by atoms with van der Waals surface area (Å²) in [6.45, 7) is -0.0117. The predicted octanol–water partition coefficient (Wildman–Crippen LogP) is 2.10. The van der Waals surface area contributed by atoms with E-state index in [0.717, 1.165) is 5.56 Å². The van der Waals surface area contributed by atoms with E-state index in [4.69, 9.17) is 18.9 Å². The highest BCUT2D eigenvalue weighted by atomic mass is 16.5. The first-order valence-corrected chi connectivity index (χ1v) is 9.63. The van der Waals surface area contributed by atoms with E-state index in [1.165, 1.54) is 21.3 Å². The van der Waals surface area contributed by atoms with Crippen LogP contribution in [0.5, 0.6) is 17.2 Å². The Morgan fingerprint density at radius 3 is 2.12 bits per heavy atom. The molecule has 0 bridgehead atoms. The fraction of sp³-hybridized carbons (Fsp3) is 0.318. The van der Waals surface area contributed by atoms with Crippen LogP contribution in [0.3, 0.4) is 0 Å². The molecule has 0 saturated heterocycles. The van der Waals surface area contributed by atoms with Gasteiger partial charge in [0.25, 0.3) is 0 Å². The Balaban J connectivity index is 1.94. The number of hydrogen-bond acceptors (Lipinski definition) is 7. The fourth-order valence-corrected chi connectivity index (χ4v) is 2.80. The van der Waals surface area contributed by atoms with Gasteiger partial charge in [-0.1, -0.05) is 30.3 Å². The lowest BCUT2D eigenvalue weighted by Crippen LogP contribution is -2.44. The molecule has 2 aromatic carbocycles. The molecule has 0 aliphatic rings. The van der Waals surface area contributed by atoms with Gasteiger partial charge in [-0.2, -0.15) is 0 Å². The van der Waals surface area contributed by atoms with Crippen molar-refractivity contribution < 1.29 is 38.4 Å². The second-order valence-electron chi connectivity index (χ2n) is 6.59. The van der Waals surface area contributed by atoms with Crippen molar-refractivity contribution in [3.8, 4) is 17.2 Å². The van der Waals surface area contributed by atoms with E-state index < -0.39 is 30.4 Å². The van der Waals surface area contributed by atoms with Crippen molar-refractivity contribution in [3.05, 3.63) is 53.6 Å². The smallest absolute Gasteiger partial charge is 0.408 e. The lowest BCUT2D eigenvalue weighted by Gasteiger charge is -2.17. The van der Waals surface area contributed by atoms with Crippen LogP contribution >= 0.6 is 0 Å². The Hall–Kier alpha value is -3.95. The molecule has 0 unspecified atom stereocenters. The monoisotopic (exact) mass is 446 g/mol. The molecular formula is C22H26N2O8. The van der Waals surface area contributed by atoms with Gasteiger partial charge in [0.2, 0.25) is 5.91 Å². The SMILES string of the molecule is COc1cc(OC)c(CNC(=O)C[C@H](NC(=O)OCc2ccccc2)C(=O)O)c(OC)c1. The third kappa shape index (κ3) is 7.08. The molecular weight excluding hydrogens is 420 g/mol. The number of benzene rings is 2. The molecule has 10 nitrogen and oxygen atoms in total. The third-order valence-electron chi connectivity index (χ3n) is 4.47. The van der Waals surface area contributed by atoms with Crippen LogP contribution in [-0.4, -0.2) is 50.4 Å². The molecule has 1 atom stereocenters. The van der Waals surface area contributed by atoms with Crippen molar-refractivity contribution in [3.63, 3.8) is 0 Å². The Morgan fingerprint density at radius 1 is 0.969 bits per heavy atom. The quantitative estimate of drug-likeness (QED) is 0.478. The Kier molecular flexibility index (Phi) is 9.15. The summed E-state index contributed by atoms with van der Waals surface area (Å²) in [6, 6.07) is 10.7. The second-order valence-corrected chi connectivity index (χ2v) is 6.59. The Bertz CT molecular complexity index is 908. The van der Waals surface area contributed by atoms with Gasteiger partial charge in [-0.25, -0.2) is 9.59 Å². The number of carbonyl (C=O) groups excluding carboxylic acids is 2. The van der Waals surface area contributed by atoms with E-state index in [1.54, 1.807) is 36.4 Å². The first-order valence-electron chi connectivity index (χ1n) is 9.63. The summed E-state index contributed by atoms with van der Waals surface area (Å²) >= 11 is 0. The number of carboxylic acid groups (broad SMARTS) is 1. The molecule has 0 aliphatic heterocycles. The van der Waals surface area contributed by atoms with Gasteiger partial charge in [-0.05, 0) is 5.56 Å². The summed E-state index contributed by atoms with van der Waals surface area (Å²) in [6.07, 6.45) is -1.43. The van der Waals surface area contributed by atoms with E-state index in [0.29, 0.717) is 22.8 Å². The van der Waals surface area contributed by atoms with Gasteiger partial charge in [0.15, 0.2) is 0 Å². The van der Waals surface area contributed by atoms with Gasteiger partial charge in [-0.3, -0.25) is 4.79 Å². The number of carboxylic acids is 1. The van der Waals surface area contributed by atoms with Crippen LogP contribution in [0.2, 0.25) is 0 Å². The van der Waals surface area contributed by atoms with E-state index >= 15 is 0 Å². The van der Waals surface area contributed by atoms with E-state index in [-0.39, 0.29) is 13.2 Å². The van der Waals surface area contributed by atoms with Crippen molar-refractivity contribution in [1.82, 2.24) is 10.6 Å². The number of hydrogen-bond donors (Lipinski definition) is 3. The highest BCUT2D eigenvalue weighted by molar-refractivity contribution is 5.87. The minimum Gasteiger partial charge on any atom is -0.496 e. The molecule has 32 heavy (non-hydrogen) atoms. The van der Waals surface area contributed by atoms with E-state index in [1.807, 2.05) is 6.07 Å². The highest BCUT2D eigenvalue weighted by Gasteiger charge is 2.24. The summed E-state index contributed by atoms with van der Waals surface area (Å²) in [4.78, 5) is 35.8. The molecule has 0 aromatic heterocycles. The number of alkyl carbamates (subject to hydrolysis) is 1. The van der Waals surface area contributed by atoms with E-state index in [2.05, 4.69) is 10.6 Å². The molecule has 2 rings (SSSR count). The maximum absolute atomic E-state index is 12.3. The summed E-state index contributed by atoms with van der Waals surface area (Å²) in [5.41, 5.74) is 1.29. The summed E-state index contributed by atoms with van der Waals surface area (Å²) in [7, 11) is 4.43. The number of nitrogens with one attached hydrogen (secondary N) is 2. The molecule has 0 radical (unpaired) electrons. The van der Waals surface area contributed by atoms with Gasteiger partial charge in [0.1, 0.15) is 29.9 Å². The van der Waals surface area contributed by atoms with Gasteiger partial charge < -0.3 is 34.7 Å². The van der Waals surface area contributed by atoms with Gasteiger partial charge in [-0.15, -0.1) is 0 Å². The number of ether oxygens (including phenoxy) is 4. The fourth-order valence-electron chi connectivity index (χ4n) is 2.80. The molecule has 0 heterocycles. The zero-order valence-electron chi connectivity index (χ0n) is 18.0. The van der Waals surface area contributed by atoms with Crippen LogP contribution in [0, 0.1) is 0 Å². The van der Waals surface area contributed by atoms with E-state index in [9.17, 15) is 19.5 Å². The van der Waals surface area contributed by atoms with Gasteiger partial charge in [0, 0.05) is 12.1 Å². The molecule has 3 N–H and O–H groups in total. The molecule has 172 valence electrons. The van der Waals surface area contributed by atoms with Crippen LogP contribution in [0.25, 0.3) is 0 Å². The largest absolute Gasteiger partial charge is 0.496 e. The molecule has 0 spiro atoms. The lowest BCUT2D eigenvalue weighted by atomic mass is 10.1. The first-order chi connectivity index (χ1) is 15.4. The zero-order chi connectivity index (χ0) is 23.5. The zero-order valence-corrected chi connectivity index (χ0v) is 18.0. The second kappa shape index (κ2) is 12.0. The van der Waals surface area contributed by atoms with Gasteiger partial charge in [0.05, 0.1) is 39.9 Å². The number of amides is 2. The summed E-state index contributed by atoms with van der Waals surface area (Å²) < 4.78 is 20.8. The first kappa shape index (κ1) is 24.3. The molecule has 10 heteroatoms. The Labute approximate surface area is 185 Å². The lowest BCUT2D eigenvalue weighted by molar-refractivity contribution is -0.141. The van der Waals surface area contributed by atoms with Crippen molar-refractivity contribution in [2.45, 2.75) is 25.6 Å². The van der Waals surface area contributed by atoms with Crippen molar-refractivity contribution in [2.24, 2.45) is 0 Å². The third-order valence-corrected chi connectivity index (χ3v) is 4.47. The van der Waals surface area contributed by atoms with Crippen LogP contribution in [0.15, 0.2) is 42.5 Å². The minimum absolute atomic E-state index is 0.0139. The van der Waals surface area contributed by atoms with Crippen LogP contribution in [0.1, 0.15) is 17.5 Å². The number of rotatable bonds is 11. The van der Waals surface area contributed by atoms with Crippen LogP contribution in [0.4, 0.5) is 4.79 Å². The average Bonchev–Trinajstić information content (AvgIpc) is 2.80. The molecule has 0 fully saturated rings. The van der Waals surface area contributed by atoms with Crippen LogP contribution < -0.4 is 24.8 Å². The van der Waals surface area contributed by atoms with Crippen LogP contribution in [-0.2, 0) is 27.5 Å². The number of aliphatic carboxylic acids is 1. The number of methoxy groups -OCH3 is 3. The summed E-state index contributed by atoms with van der Waals surface area (Å²) in [5, 5.41) is 14.2. The van der Waals surface area contributed by atoms with Crippen molar-refractivity contribution >= 4 is 18.0 Å². The van der Waals surface area contributed by atoms with Crippen molar-refractivity contribution in [1.29, 1.82) is 0 Å². The molecule has 2 aromatic rings. The van der Waals surface area contributed by atoms with Gasteiger partial charge >= 0.3 is 12.1 Å². The summed E-state index contributed by atoms with van der Waals surface area (Å²) in [5.74, 6) is -0.590. The predicted molar refractivity (Wildman–Crippen MR) is 114 cm³/mol. The average molecular weight is 446 g/mol. The molecule has 0 saturated carbocycles. The Morgan fingerprint density at radius 2 is 1.59 bits per heavy atom. The maximum Gasteiger partial charge on any atom is 0.408 e. The number of carbonyl (C=O) groups is 3.